The molecule has 0 aromatic rings. The number of phosphoric acid groups is 1. The third kappa shape index (κ3) is 31.4. The highest BCUT2D eigenvalue weighted by molar-refractivity contribution is 7.47. The van der Waals surface area contributed by atoms with Gasteiger partial charge in [-0.15, -0.1) is 0 Å². The number of rotatable bonds is 38. The highest BCUT2D eigenvalue weighted by Gasteiger charge is 2.36. The number of esters is 2. The monoisotopic (exact) mass is 787 g/mol. The topological polar surface area (TPSA) is 161 Å². The van der Waals surface area contributed by atoms with Crippen LogP contribution in [0.4, 0.5) is 0 Å². The van der Waals surface area contributed by atoms with Crippen molar-refractivity contribution >= 4 is 19.8 Å². The smallest absolute Gasteiger partial charge is 0.462 e. The van der Waals surface area contributed by atoms with Gasteiger partial charge in [0, 0.05) is 12.8 Å². The molecular formula is C42H75O11P. The summed E-state index contributed by atoms with van der Waals surface area (Å²) in [5, 5.41) is 18.3. The summed E-state index contributed by atoms with van der Waals surface area (Å²) in [5.41, 5.74) is 0. The third-order valence-corrected chi connectivity index (χ3v) is 10.1. The zero-order valence-corrected chi connectivity index (χ0v) is 34.5. The summed E-state index contributed by atoms with van der Waals surface area (Å²) < 4.78 is 38.4. The Kier molecular flexibility index (Phi) is 32.0. The molecule has 1 rings (SSSR count). The minimum absolute atomic E-state index is 0.160. The number of aliphatic hydroxyl groups is 2. The van der Waals surface area contributed by atoms with E-state index in [9.17, 15) is 24.2 Å². The van der Waals surface area contributed by atoms with Gasteiger partial charge < -0.3 is 29.3 Å². The van der Waals surface area contributed by atoms with Crippen molar-refractivity contribution in [2.24, 2.45) is 0 Å². The molecule has 0 saturated carbocycles. The number of unbranched alkanes of at least 4 members (excludes halogenated alkanes) is 15. The Hall–Kier alpha value is -1.85. The molecule has 0 aromatic carbocycles. The maximum absolute atomic E-state index is 12.6. The van der Waals surface area contributed by atoms with Gasteiger partial charge in [0.1, 0.15) is 12.7 Å². The molecule has 1 aliphatic heterocycles. The average Bonchev–Trinajstić information content (AvgIpc) is 3.91. The zero-order valence-electron chi connectivity index (χ0n) is 33.6. The fourth-order valence-corrected chi connectivity index (χ4v) is 6.58. The number of phosphoric ester groups is 1. The van der Waals surface area contributed by atoms with Gasteiger partial charge in [-0.05, 0) is 70.6 Å². The minimum atomic E-state index is -4.63. The maximum Gasteiger partial charge on any atom is 0.472 e. The summed E-state index contributed by atoms with van der Waals surface area (Å²) >= 11 is 0. The van der Waals surface area contributed by atoms with Gasteiger partial charge in [-0.25, -0.2) is 4.57 Å². The summed E-state index contributed by atoms with van der Waals surface area (Å²) in [5.74, 6) is -0.963. The molecule has 1 fully saturated rings. The average molecular weight is 787 g/mol. The molecule has 11 nitrogen and oxygen atoms in total. The van der Waals surface area contributed by atoms with E-state index in [1.54, 1.807) is 0 Å². The minimum Gasteiger partial charge on any atom is -0.462 e. The molecule has 0 aromatic heterocycles. The predicted molar refractivity (Wildman–Crippen MR) is 214 cm³/mol. The summed E-state index contributed by atoms with van der Waals surface area (Å²) in [6.45, 7) is 2.27. The van der Waals surface area contributed by atoms with Crippen molar-refractivity contribution in [1.82, 2.24) is 0 Å². The second-order valence-electron chi connectivity index (χ2n) is 14.4. The molecule has 0 radical (unpaired) electrons. The van der Waals surface area contributed by atoms with Crippen LogP contribution >= 0.6 is 7.82 Å². The molecule has 0 spiro atoms. The second-order valence-corrected chi connectivity index (χ2v) is 15.8. The Labute approximate surface area is 326 Å². The van der Waals surface area contributed by atoms with E-state index in [2.05, 4.69) is 54.8 Å². The molecule has 3 N–H and O–H groups in total. The van der Waals surface area contributed by atoms with Crippen molar-refractivity contribution in [3.8, 4) is 0 Å². The van der Waals surface area contributed by atoms with Crippen LogP contribution in [0, 0.1) is 0 Å². The van der Waals surface area contributed by atoms with E-state index in [4.69, 9.17) is 23.8 Å². The SMILES string of the molecule is CCCCC/C=C\C/C=C\CCCCCCCC(=O)OC[C@H](COP(=O)(O)OC[C@@H](O)CO)OC(=O)CCCCCCC/C=C\CC1OC1CCCCC. The number of carbonyl (C=O) groups excluding carboxylic acids is 2. The fraction of sp³-hybridized carbons (Fsp3) is 0.810. The number of ether oxygens (including phenoxy) is 3. The van der Waals surface area contributed by atoms with Crippen LogP contribution in [-0.2, 0) is 37.4 Å². The molecule has 0 bridgehead atoms. The van der Waals surface area contributed by atoms with E-state index in [-0.39, 0.29) is 19.4 Å². The summed E-state index contributed by atoms with van der Waals surface area (Å²) in [6.07, 6.45) is 35.6. The lowest BCUT2D eigenvalue weighted by atomic mass is 10.1. The molecule has 0 aliphatic carbocycles. The highest BCUT2D eigenvalue weighted by Crippen LogP contribution is 2.43. The number of hydrogen-bond donors (Lipinski definition) is 3. The molecule has 0 amide bonds. The van der Waals surface area contributed by atoms with Crippen LogP contribution < -0.4 is 0 Å². The van der Waals surface area contributed by atoms with Gasteiger partial charge in [-0.2, -0.15) is 0 Å². The summed E-state index contributed by atoms with van der Waals surface area (Å²) in [6, 6.07) is 0. The van der Waals surface area contributed by atoms with Crippen molar-refractivity contribution in [2.45, 2.75) is 192 Å². The van der Waals surface area contributed by atoms with Crippen LogP contribution in [0.3, 0.4) is 0 Å². The molecule has 12 heteroatoms. The zero-order chi connectivity index (χ0) is 39.5. The van der Waals surface area contributed by atoms with Crippen molar-refractivity contribution in [2.75, 3.05) is 26.4 Å². The number of allylic oxidation sites excluding steroid dienone is 5. The van der Waals surface area contributed by atoms with Gasteiger partial charge >= 0.3 is 19.8 Å². The van der Waals surface area contributed by atoms with Crippen LogP contribution in [0.5, 0.6) is 0 Å². The largest absolute Gasteiger partial charge is 0.472 e. The number of epoxide rings is 1. The lowest BCUT2D eigenvalue weighted by molar-refractivity contribution is -0.161. The van der Waals surface area contributed by atoms with E-state index in [1.165, 1.54) is 44.9 Å². The Morgan fingerprint density at radius 1 is 0.667 bits per heavy atom. The summed E-state index contributed by atoms with van der Waals surface area (Å²) in [4.78, 5) is 35.0. The van der Waals surface area contributed by atoms with Gasteiger partial charge in [0.25, 0.3) is 0 Å². The first kappa shape index (κ1) is 50.2. The Morgan fingerprint density at radius 2 is 1.20 bits per heavy atom. The third-order valence-electron chi connectivity index (χ3n) is 9.19. The van der Waals surface area contributed by atoms with Crippen molar-refractivity contribution < 1.29 is 52.5 Å². The molecular weight excluding hydrogens is 711 g/mol. The number of hydrogen-bond acceptors (Lipinski definition) is 10. The van der Waals surface area contributed by atoms with E-state index < -0.39 is 51.8 Å². The van der Waals surface area contributed by atoms with E-state index in [0.29, 0.717) is 25.0 Å². The maximum atomic E-state index is 12.6. The van der Waals surface area contributed by atoms with Crippen LogP contribution in [0.2, 0.25) is 0 Å². The fourth-order valence-electron chi connectivity index (χ4n) is 5.79. The van der Waals surface area contributed by atoms with Crippen molar-refractivity contribution in [3.63, 3.8) is 0 Å². The van der Waals surface area contributed by atoms with Crippen LogP contribution in [0.25, 0.3) is 0 Å². The first-order valence-electron chi connectivity index (χ1n) is 21.1. The Morgan fingerprint density at radius 3 is 1.83 bits per heavy atom. The Bertz CT molecular complexity index is 1060. The van der Waals surface area contributed by atoms with Crippen LogP contribution in [0.15, 0.2) is 36.5 Å². The number of carbonyl (C=O) groups is 2. The van der Waals surface area contributed by atoms with Gasteiger partial charge in [0.2, 0.25) is 0 Å². The molecule has 1 saturated heterocycles. The van der Waals surface area contributed by atoms with Gasteiger partial charge in [0.05, 0.1) is 32.0 Å². The highest BCUT2D eigenvalue weighted by atomic mass is 31.2. The molecule has 1 aliphatic rings. The molecule has 1 heterocycles. The Balaban J connectivity index is 2.27. The first-order valence-corrected chi connectivity index (χ1v) is 22.6. The van der Waals surface area contributed by atoms with Crippen molar-refractivity contribution in [1.29, 1.82) is 0 Å². The van der Waals surface area contributed by atoms with E-state index in [1.807, 2.05) is 0 Å². The second kappa shape index (κ2) is 34.4. The quantitative estimate of drug-likeness (QED) is 0.0180. The van der Waals surface area contributed by atoms with Crippen LogP contribution in [-0.4, -0.2) is 77.9 Å². The molecule has 3 unspecified atom stereocenters. The number of aliphatic hydroxyl groups excluding tert-OH is 2. The molecule has 54 heavy (non-hydrogen) atoms. The van der Waals surface area contributed by atoms with Gasteiger partial charge in [0.15, 0.2) is 6.10 Å². The first-order chi connectivity index (χ1) is 26.2. The van der Waals surface area contributed by atoms with E-state index in [0.717, 1.165) is 83.5 Å². The lowest BCUT2D eigenvalue weighted by Gasteiger charge is -2.20. The molecule has 314 valence electrons. The lowest BCUT2D eigenvalue weighted by Crippen LogP contribution is -2.29. The summed E-state index contributed by atoms with van der Waals surface area (Å²) in [7, 11) is -4.63. The van der Waals surface area contributed by atoms with Crippen molar-refractivity contribution in [3.05, 3.63) is 36.5 Å². The van der Waals surface area contributed by atoms with Gasteiger partial charge in [-0.3, -0.25) is 18.6 Å². The predicted octanol–water partition coefficient (Wildman–Crippen LogP) is 9.77. The van der Waals surface area contributed by atoms with Gasteiger partial charge in [-0.1, -0.05) is 121 Å². The standard InChI is InChI=1S/C42H75O11P/c1-3-5-7-8-9-10-11-12-13-14-15-16-20-23-27-31-41(45)49-35-38(36-51-54(47,48)50-34-37(44)33-43)52-42(46)32-28-24-21-18-17-19-22-26-30-40-39(53-40)29-25-6-4-2/h9-10,12-13,22,26,37-40,43-44H,3-8,11,14-21,23-25,27-36H2,1-2H3,(H,47,48)/b10-9-,13-12-,26-22-/t37-,38+,39?,40?/m0/s1. The molecule has 5 atom stereocenters. The normalized spacial score (nSPS) is 18.0. The van der Waals surface area contributed by atoms with E-state index >= 15 is 0 Å². The van der Waals surface area contributed by atoms with Crippen LogP contribution in [0.1, 0.15) is 168 Å².